The van der Waals surface area contributed by atoms with Crippen molar-refractivity contribution < 1.29 is 5.11 Å². The fraction of sp³-hybridized carbons (Fsp3) is 0.625. The Labute approximate surface area is 130 Å². The first kappa shape index (κ1) is 14.0. The highest BCUT2D eigenvalue weighted by Crippen LogP contribution is 2.39. The van der Waals surface area contributed by atoms with Gasteiger partial charge in [-0.3, -0.25) is 4.90 Å². The Balaban J connectivity index is 1.68. The van der Waals surface area contributed by atoms with Crippen molar-refractivity contribution >= 4 is 16.9 Å². The number of fused-ring (bicyclic) bond motifs is 1. The number of hydrogen-bond acceptors (Lipinski definition) is 5. The van der Waals surface area contributed by atoms with Gasteiger partial charge in [-0.1, -0.05) is 0 Å². The maximum absolute atomic E-state index is 10.1. The minimum atomic E-state index is -0.375. The number of likely N-dealkylation sites (tertiary alicyclic amines) is 1. The summed E-state index contributed by atoms with van der Waals surface area (Å²) in [6.45, 7) is 4.85. The fourth-order valence-electron chi connectivity index (χ4n) is 4.38. The van der Waals surface area contributed by atoms with Gasteiger partial charge < -0.3 is 15.0 Å². The third-order valence-corrected chi connectivity index (χ3v) is 5.29. The molecule has 4 heterocycles. The van der Waals surface area contributed by atoms with Crippen LogP contribution in [0.5, 0.6) is 0 Å². The van der Waals surface area contributed by atoms with Crippen LogP contribution in [-0.2, 0) is 0 Å². The van der Waals surface area contributed by atoms with Gasteiger partial charge in [0, 0.05) is 31.4 Å². The van der Waals surface area contributed by atoms with Gasteiger partial charge in [0.1, 0.15) is 24.0 Å². The third kappa shape index (κ3) is 2.09. The van der Waals surface area contributed by atoms with Crippen LogP contribution in [0.25, 0.3) is 11.0 Å². The zero-order chi connectivity index (χ0) is 15.2. The summed E-state index contributed by atoms with van der Waals surface area (Å²) in [5, 5.41) is 11.2. The summed E-state index contributed by atoms with van der Waals surface area (Å²) in [5.74, 6) is 1.02. The van der Waals surface area contributed by atoms with Crippen molar-refractivity contribution in [3.8, 4) is 0 Å². The second-order valence-electron chi connectivity index (χ2n) is 6.62. The van der Waals surface area contributed by atoms with Crippen molar-refractivity contribution in [1.82, 2.24) is 19.9 Å². The first-order valence-corrected chi connectivity index (χ1v) is 8.17. The number of piperidine rings is 1. The van der Waals surface area contributed by atoms with E-state index in [4.69, 9.17) is 0 Å². The minimum Gasteiger partial charge on any atom is -0.379 e. The molecule has 2 saturated heterocycles. The van der Waals surface area contributed by atoms with Crippen LogP contribution >= 0.6 is 0 Å². The lowest BCUT2D eigenvalue weighted by Gasteiger charge is -2.47. The lowest BCUT2D eigenvalue weighted by Crippen LogP contribution is -2.58. The van der Waals surface area contributed by atoms with Crippen LogP contribution in [0, 0.1) is 0 Å². The van der Waals surface area contributed by atoms with Crippen LogP contribution in [0.2, 0.25) is 0 Å². The molecule has 0 amide bonds. The molecule has 0 aliphatic carbocycles. The van der Waals surface area contributed by atoms with E-state index in [-0.39, 0.29) is 11.8 Å². The Kier molecular flexibility index (Phi) is 3.31. The minimum absolute atomic E-state index is 0.0972. The maximum atomic E-state index is 10.1. The van der Waals surface area contributed by atoms with Gasteiger partial charge in [-0.15, -0.1) is 0 Å². The lowest BCUT2D eigenvalue weighted by atomic mass is 9.86. The quantitative estimate of drug-likeness (QED) is 0.884. The summed E-state index contributed by atoms with van der Waals surface area (Å²) in [5.41, 5.74) is 0.989. The molecule has 4 rings (SSSR count). The molecule has 2 atom stereocenters. The normalized spacial score (nSPS) is 27.8. The van der Waals surface area contributed by atoms with Crippen molar-refractivity contribution in [2.24, 2.45) is 0 Å². The topological polar surface area (TPSA) is 68.3 Å². The van der Waals surface area contributed by atoms with E-state index in [1.54, 1.807) is 6.33 Å². The molecule has 2 aromatic heterocycles. The highest BCUT2D eigenvalue weighted by atomic mass is 16.3. The molecule has 1 spiro atoms. The van der Waals surface area contributed by atoms with Crippen molar-refractivity contribution in [3.05, 3.63) is 18.6 Å². The average Bonchev–Trinajstić information content (AvgIpc) is 3.14. The number of H-pyrrole nitrogens is 1. The average molecular weight is 301 g/mol. The van der Waals surface area contributed by atoms with Gasteiger partial charge in [0.25, 0.3) is 0 Å². The number of nitrogens with zero attached hydrogens (tertiary/aromatic N) is 4. The molecule has 6 heteroatoms. The number of anilines is 1. The Morgan fingerprint density at radius 1 is 1.27 bits per heavy atom. The Hall–Kier alpha value is -1.66. The molecule has 6 nitrogen and oxygen atoms in total. The molecule has 22 heavy (non-hydrogen) atoms. The van der Waals surface area contributed by atoms with Crippen LogP contribution in [0.3, 0.4) is 0 Å². The summed E-state index contributed by atoms with van der Waals surface area (Å²) >= 11 is 0. The molecule has 2 aromatic rings. The van der Waals surface area contributed by atoms with E-state index in [2.05, 4.69) is 24.8 Å². The summed E-state index contributed by atoms with van der Waals surface area (Å²) < 4.78 is 0. The zero-order valence-corrected chi connectivity index (χ0v) is 13.0. The molecule has 0 saturated carbocycles. The van der Waals surface area contributed by atoms with E-state index in [1.165, 1.54) is 6.42 Å². The van der Waals surface area contributed by atoms with Crippen molar-refractivity contribution in [2.45, 2.75) is 44.4 Å². The highest BCUT2D eigenvalue weighted by Gasteiger charge is 2.45. The standard InChI is InChI=1S/C16H23N5O/c1-12(22)21-9-3-6-16(21)5-2-8-20(10-16)15-13-4-7-17-14(13)18-11-19-15/h4,7,11-12,22H,2-3,5-6,8-10H2,1H3,(H,17,18,19). The van der Waals surface area contributed by atoms with Gasteiger partial charge in [0.05, 0.1) is 5.39 Å². The number of aromatic nitrogens is 3. The second-order valence-corrected chi connectivity index (χ2v) is 6.62. The number of hydrogen-bond donors (Lipinski definition) is 2. The summed E-state index contributed by atoms with van der Waals surface area (Å²) in [6.07, 6.45) is 7.81. The number of aromatic amines is 1. The van der Waals surface area contributed by atoms with E-state index >= 15 is 0 Å². The van der Waals surface area contributed by atoms with Crippen LogP contribution in [0.4, 0.5) is 5.82 Å². The molecule has 0 bridgehead atoms. The van der Waals surface area contributed by atoms with Gasteiger partial charge in [0.2, 0.25) is 0 Å². The van der Waals surface area contributed by atoms with Crippen molar-refractivity contribution in [1.29, 1.82) is 0 Å². The molecule has 2 aliphatic rings. The van der Waals surface area contributed by atoms with E-state index in [0.29, 0.717) is 0 Å². The molecular formula is C16H23N5O. The van der Waals surface area contributed by atoms with Gasteiger partial charge in [0.15, 0.2) is 0 Å². The Morgan fingerprint density at radius 2 is 2.09 bits per heavy atom. The molecule has 2 aliphatic heterocycles. The molecule has 2 unspecified atom stereocenters. The molecule has 118 valence electrons. The van der Waals surface area contributed by atoms with E-state index in [1.807, 2.05) is 19.2 Å². The lowest BCUT2D eigenvalue weighted by molar-refractivity contribution is -0.0387. The van der Waals surface area contributed by atoms with Gasteiger partial charge in [-0.2, -0.15) is 0 Å². The van der Waals surface area contributed by atoms with Gasteiger partial charge >= 0.3 is 0 Å². The van der Waals surface area contributed by atoms with Gasteiger partial charge in [-0.05, 0) is 38.7 Å². The van der Waals surface area contributed by atoms with Crippen LogP contribution in [-0.4, -0.2) is 56.4 Å². The monoisotopic (exact) mass is 301 g/mol. The Morgan fingerprint density at radius 3 is 2.91 bits per heavy atom. The highest BCUT2D eigenvalue weighted by molar-refractivity contribution is 5.87. The molecule has 0 radical (unpaired) electrons. The first-order valence-electron chi connectivity index (χ1n) is 8.17. The second kappa shape index (κ2) is 5.21. The number of nitrogens with one attached hydrogen (secondary N) is 1. The predicted molar refractivity (Wildman–Crippen MR) is 85.7 cm³/mol. The van der Waals surface area contributed by atoms with Gasteiger partial charge in [-0.25, -0.2) is 9.97 Å². The van der Waals surface area contributed by atoms with E-state index < -0.39 is 0 Å². The summed E-state index contributed by atoms with van der Waals surface area (Å²) in [6, 6.07) is 2.05. The van der Waals surface area contributed by atoms with Crippen LogP contribution in [0.1, 0.15) is 32.6 Å². The van der Waals surface area contributed by atoms with Crippen molar-refractivity contribution in [2.75, 3.05) is 24.5 Å². The molecule has 2 fully saturated rings. The maximum Gasteiger partial charge on any atom is 0.142 e. The summed E-state index contributed by atoms with van der Waals surface area (Å²) in [4.78, 5) is 16.6. The largest absolute Gasteiger partial charge is 0.379 e. The smallest absolute Gasteiger partial charge is 0.142 e. The molecule has 0 aromatic carbocycles. The zero-order valence-electron chi connectivity index (χ0n) is 13.0. The SMILES string of the molecule is CC(O)N1CCCC12CCCN(c1ncnc3[nH]ccc13)C2. The molecular weight excluding hydrogens is 278 g/mol. The summed E-state index contributed by atoms with van der Waals surface area (Å²) in [7, 11) is 0. The molecule has 2 N–H and O–H groups in total. The van der Waals surface area contributed by atoms with Crippen molar-refractivity contribution in [3.63, 3.8) is 0 Å². The number of aliphatic hydroxyl groups is 1. The Bertz CT molecular complexity index is 669. The van der Waals surface area contributed by atoms with Crippen LogP contribution in [0.15, 0.2) is 18.6 Å². The number of rotatable bonds is 2. The third-order valence-electron chi connectivity index (χ3n) is 5.29. The van der Waals surface area contributed by atoms with Crippen LogP contribution < -0.4 is 4.90 Å². The predicted octanol–water partition coefficient (Wildman–Crippen LogP) is 1.73. The first-order chi connectivity index (χ1) is 10.7. The van der Waals surface area contributed by atoms with E-state index in [0.717, 1.165) is 55.7 Å². The fourth-order valence-corrected chi connectivity index (χ4v) is 4.38. The number of aliphatic hydroxyl groups excluding tert-OH is 1. The van der Waals surface area contributed by atoms with E-state index in [9.17, 15) is 5.11 Å².